The molecule has 0 radical (unpaired) electrons. The zero-order chi connectivity index (χ0) is 13.9. The van der Waals surface area contributed by atoms with Crippen molar-refractivity contribution in [3.63, 3.8) is 0 Å². The third kappa shape index (κ3) is 5.03. The quantitative estimate of drug-likeness (QED) is 0.605. The Morgan fingerprint density at radius 1 is 1.37 bits per heavy atom. The summed E-state index contributed by atoms with van der Waals surface area (Å²) >= 11 is 0. The molecule has 1 aliphatic rings. The van der Waals surface area contributed by atoms with E-state index in [0.29, 0.717) is 6.42 Å². The fourth-order valence-electron chi connectivity index (χ4n) is 2.18. The molecule has 1 aliphatic heterocycles. The average molecular weight is 262 g/mol. The lowest BCUT2D eigenvalue weighted by Gasteiger charge is -2.21. The van der Waals surface area contributed by atoms with E-state index in [1.165, 1.54) is 5.56 Å². The molecular weight excluding hydrogens is 240 g/mol. The van der Waals surface area contributed by atoms with Gasteiger partial charge < -0.3 is 9.47 Å². The largest absolute Gasteiger partial charge is 0.460 e. The van der Waals surface area contributed by atoms with Crippen LogP contribution in [-0.4, -0.2) is 24.3 Å². The van der Waals surface area contributed by atoms with Gasteiger partial charge >= 0.3 is 5.97 Å². The Kier molecular flexibility index (Phi) is 4.25. The molecule has 3 nitrogen and oxygen atoms in total. The van der Waals surface area contributed by atoms with Crippen molar-refractivity contribution in [2.45, 2.75) is 45.3 Å². The van der Waals surface area contributed by atoms with Crippen LogP contribution in [0.1, 0.15) is 32.8 Å². The number of carbonyl (C=O) groups excluding carboxylic acids is 1. The summed E-state index contributed by atoms with van der Waals surface area (Å²) in [6.07, 6.45) is 1.51. The van der Waals surface area contributed by atoms with Gasteiger partial charge in [-0.3, -0.25) is 4.79 Å². The molecule has 1 aromatic rings. The Labute approximate surface area is 114 Å². The molecule has 2 atom stereocenters. The van der Waals surface area contributed by atoms with E-state index >= 15 is 0 Å². The van der Waals surface area contributed by atoms with Gasteiger partial charge in [0.1, 0.15) is 5.60 Å². The van der Waals surface area contributed by atoms with Gasteiger partial charge in [0.05, 0.1) is 19.1 Å². The number of rotatable bonds is 5. The van der Waals surface area contributed by atoms with Gasteiger partial charge in [0.2, 0.25) is 0 Å². The van der Waals surface area contributed by atoms with Crippen LogP contribution in [0.4, 0.5) is 0 Å². The minimum absolute atomic E-state index is 0.135. The van der Waals surface area contributed by atoms with E-state index in [0.717, 1.165) is 13.0 Å². The second-order valence-corrected chi connectivity index (χ2v) is 6.11. The summed E-state index contributed by atoms with van der Waals surface area (Å²) in [5, 5.41) is 0. The number of carbonyl (C=O) groups is 1. The van der Waals surface area contributed by atoms with Crippen molar-refractivity contribution < 1.29 is 14.3 Å². The van der Waals surface area contributed by atoms with Gasteiger partial charge in [0.15, 0.2) is 0 Å². The molecule has 2 rings (SSSR count). The molecule has 1 heterocycles. The lowest BCUT2D eigenvalue weighted by molar-refractivity contribution is -0.156. The van der Waals surface area contributed by atoms with Crippen LogP contribution in [-0.2, 0) is 20.7 Å². The van der Waals surface area contributed by atoms with Crippen LogP contribution in [0.15, 0.2) is 30.3 Å². The first-order chi connectivity index (χ1) is 8.94. The van der Waals surface area contributed by atoms with Crippen molar-refractivity contribution in [2.24, 2.45) is 5.92 Å². The van der Waals surface area contributed by atoms with Crippen LogP contribution in [0.3, 0.4) is 0 Å². The lowest BCUT2D eigenvalue weighted by Crippen LogP contribution is -2.27. The maximum Gasteiger partial charge on any atom is 0.306 e. The van der Waals surface area contributed by atoms with Crippen molar-refractivity contribution in [1.82, 2.24) is 0 Å². The minimum atomic E-state index is -0.418. The Hall–Kier alpha value is -1.35. The molecule has 3 heteroatoms. The van der Waals surface area contributed by atoms with E-state index in [-0.39, 0.29) is 18.0 Å². The highest BCUT2D eigenvalue weighted by Crippen LogP contribution is 2.27. The van der Waals surface area contributed by atoms with Gasteiger partial charge in [-0.25, -0.2) is 0 Å². The number of hydrogen-bond acceptors (Lipinski definition) is 3. The van der Waals surface area contributed by atoms with E-state index < -0.39 is 5.60 Å². The van der Waals surface area contributed by atoms with Crippen LogP contribution in [0, 0.1) is 5.92 Å². The van der Waals surface area contributed by atoms with Crippen LogP contribution >= 0.6 is 0 Å². The molecule has 1 unspecified atom stereocenters. The topological polar surface area (TPSA) is 38.8 Å². The Balaban J connectivity index is 1.92. The number of benzene rings is 1. The fraction of sp³-hybridized carbons (Fsp3) is 0.562. The smallest absolute Gasteiger partial charge is 0.306 e. The molecule has 1 fully saturated rings. The van der Waals surface area contributed by atoms with E-state index in [1.807, 2.05) is 39.0 Å². The summed E-state index contributed by atoms with van der Waals surface area (Å²) in [4.78, 5) is 11.9. The number of esters is 1. The van der Waals surface area contributed by atoms with Gasteiger partial charge in [-0.2, -0.15) is 0 Å². The molecule has 0 aliphatic carbocycles. The normalized spacial score (nSPS) is 19.8. The summed E-state index contributed by atoms with van der Waals surface area (Å²) in [7, 11) is 0. The molecule has 1 saturated heterocycles. The fourth-order valence-corrected chi connectivity index (χ4v) is 2.18. The SMILES string of the molecule is CC(C)(C)OC(=O)C[C@@H](Cc1ccccc1)C1CO1. The number of hydrogen-bond donors (Lipinski definition) is 0. The highest BCUT2D eigenvalue weighted by Gasteiger charge is 2.35. The molecule has 0 bridgehead atoms. The maximum absolute atomic E-state index is 11.9. The predicted octanol–water partition coefficient (Wildman–Crippen LogP) is 2.98. The summed E-state index contributed by atoms with van der Waals surface area (Å²) in [5.41, 5.74) is 0.824. The molecule has 0 amide bonds. The monoisotopic (exact) mass is 262 g/mol. The molecule has 0 aromatic heterocycles. The minimum Gasteiger partial charge on any atom is -0.460 e. The van der Waals surface area contributed by atoms with Gasteiger partial charge in [0.25, 0.3) is 0 Å². The van der Waals surface area contributed by atoms with E-state index in [9.17, 15) is 4.79 Å². The zero-order valence-corrected chi connectivity index (χ0v) is 11.9. The van der Waals surface area contributed by atoms with Crippen LogP contribution in [0.5, 0.6) is 0 Å². The summed E-state index contributed by atoms with van der Waals surface area (Å²) in [6, 6.07) is 10.2. The average Bonchev–Trinajstić information content (AvgIpc) is 3.10. The van der Waals surface area contributed by atoms with E-state index in [4.69, 9.17) is 9.47 Å². The summed E-state index contributed by atoms with van der Waals surface area (Å²) in [5.74, 6) is 0.0844. The van der Waals surface area contributed by atoms with Gasteiger partial charge in [-0.15, -0.1) is 0 Å². The van der Waals surface area contributed by atoms with Crippen LogP contribution in [0.2, 0.25) is 0 Å². The second kappa shape index (κ2) is 5.74. The van der Waals surface area contributed by atoms with Gasteiger partial charge in [-0.1, -0.05) is 30.3 Å². The third-order valence-electron chi connectivity index (χ3n) is 3.07. The first kappa shape index (κ1) is 14.1. The maximum atomic E-state index is 11.9. The van der Waals surface area contributed by atoms with Crippen molar-refractivity contribution >= 4 is 5.97 Å². The Morgan fingerprint density at radius 2 is 2.00 bits per heavy atom. The molecule has 19 heavy (non-hydrogen) atoms. The summed E-state index contributed by atoms with van der Waals surface area (Å²) in [6.45, 7) is 6.44. The van der Waals surface area contributed by atoms with Crippen molar-refractivity contribution in [3.8, 4) is 0 Å². The molecule has 0 saturated carbocycles. The number of ether oxygens (including phenoxy) is 2. The standard InChI is InChI=1S/C16H22O3/c1-16(2,3)19-15(17)10-13(14-11-18-14)9-12-7-5-4-6-8-12/h4-8,13-14H,9-11H2,1-3H3/t13-,14?/m1/s1. The second-order valence-electron chi connectivity index (χ2n) is 6.11. The van der Waals surface area contributed by atoms with Crippen LogP contribution < -0.4 is 0 Å². The molecular formula is C16H22O3. The van der Waals surface area contributed by atoms with E-state index in [1.54, 1.807) is 0 Å². The Morgan fingerprint density at radius 3 is 2.53 bits per heavy atom. The highest BCUT2D eigenvalue weighted by atomic mass is 16.6. The van der Waals surface area contributed by atoms with Gasteiger partial charge in [0, 0.05) is 5.92 Å². The molecule has 0 spiro atoms. The zero-order valence-electron chi connectivity index (χ0n) is 11.9. The molecule has 0 N–H and O–H groups in total. The lowest BCUT2D eigenvalue weighted by atomic mass is 9.93. The van der Waals surface area contributed by atoms with Gasteiger partial charge in [-0.05, 0) is 32.8 Å². The van der Waals surface area contributed by atoms with Crippen molar-refractivity contribution in [1.29, 1.82) is 0 Å². The van der Waals surface area contributed by atoms with Crippen molar-refractivity contribution in [2.75, 3.05) is 6.61 Å². The van der Waals surface area contributed by atoms with E-state index in [2.05, 4.69) is 12.1 Å². The summed E-state index contributed by atoms with van der Waals surface area (Å²) < 4.78 is 10.8. The highest BCUT2D eigenvalue weighted by molar-refractivity contribution is 5.70. The van der Waals surface area contributed by atoms with Crippen molar-refractivity contribution in [3.05, 3.63) is 35.9 Å². The third-order valence-corrected chi connectivity index (χ3v) is 3.07. The number of epoxide rings is 1. The first-order valence-electron chi connectivity index (χ1n) is 6.81. The molecule has 1 aromatic carbocycles. The first-order valence-corrected chi connectivity index (χ1v) is 6.81. The predicted molar refractivity (Wildman–Crippen MR) is 73.8 cm³/mol. The Bertz CT molecular complexity index is 415. The van der Waals surface area contributed by atoms with Crippen LogP contribution in [0.25, 0.3) is 0 Å². The molecule has 104 valence electrons.